The van der Waals surface area contributed by atoms with Crippen LogP contribution in [0.5, 0.6) is 0 Å². The van der Waals surface area contributed by atoms with Crippen molar-refractivity contribution in [1.82, 2.24) is 0 Å². The van der Waals surface area contributed by atoms with Gasteiger partial charge in [0.15, 0.2) is 22.2 Å². The summed E-state index contributed by atoms with van der Waals surface area (Å²) >= 11 is 8.63. The molecule has 0 fully saturated rings. The van der Waals surface area contributed by atoms with Gasteiger partial charge in [-0.15, -0.1) is 0 Å². The van der Waals surface area contributed by atoms with E-state index in [9.17, 15) is 13.0 Å². The van der Waals surface area contributed by atoms with Gasteiger partial charge in [-0.3, -0.25) is 4.18 Å². The SMILES string of the molecule is COS(=O)c1c(Cl)cc2ccccc2c1-c1c(S(=O)O)c(Cl)cc2ccccc12. The summed E-state index contributed by atoms with van der Waals surface area (Å²) in [6.07, 6.45) is 0. The van der Waals surface area contributed by atoms with Crippen molar-refractivity contribution in [3.05, 3.63) is 70.7 Å². The number of rotatable bonds is 4. The molecule has 0 heterocycles. The highest BCUT2D eigenvalue weighted by Gasteiger charge is 2.26. The standard InChI is InChI=1S/C21H14Cl2O4S2/c1-27-29(26)21-17(23)11-13-7-3-5-9-15(13)19(21)18-14-8-4-2-6-12(14)10-16(22)20(18)28(24)25/h2-11H,1H3,(H,24,25). The third kappa shape index (κ3) is 3.50. The molecule has 0 radical (unpaired) electrons. The summed E-state index contributed by atoms with van der Waals surface area (Å²) in [6, 6.07) is 18.1. The first-order chi connectivity index (χ1) is 13.9. The fourth-order valence-electron chi connectivity index (χ4n) is 3.50. The zero-order valence-corrected chi connectivity index (χ0v) is 18.2. The zero-order chi connectivity index (χ0) is 20.7. The first-order valence-electron chi connectivity index (χ1n) is 8.44. The first kappa shape index (κ1) is 20.5. The molecule has 4 rings (SSSR count). The Morgan fingerprint density at radius 1 is 0.793 bits per heavy atom. The highest BCUT2D eigenvalue weighted by molar-refractivity contribution is 7.80. The van der Waals surface area contributed by atoms with E-state index in [4.69, 9.17) is 27.4 Å². The summed E-state index contributed by atoms with van der Waals surface area (Å²) < 4.78 is 40.3. The van der Waals surface area contributed by atoms with Crippen LogP contribution in [0, 0.1) is 0 Å². The van der Waals surface area contributed by atoms with Crippen LogP contribution in [0.1, 0.15) is 0 Å². The van der Waals surface area contributed by atoms with Gasteiger partial charge in [-0.05, 0) is 33.7 Å². The van der Waals surface area contributed by atoms with Crippen LogP contribution in [0.3, 0.4) is 0 Å². The molecular formula is C21H14Cl2O4S2. The number of fused-ring (bicyclic) bond motifs is 2. The lowest BCUT2D eigenvalue weighted by molar-refractivity contribution is 0.446. The van der Waals surface area contributed by atoms with Crippen molar-refractivity contribution in [2.75, 3.05) is 7.11 Å². The summed E-state index contributed by atoms with van der Waals surface area (Å²) in [5, 5.41) is 3.35. The minimum absolute atomic E-state index is 0.0344. The largest absolute Gasteiger partial charge is 0.302 e. The minimum atomic E-state index is -2.40. The van der Waals surface area contributed by atoms with Crippen LogP contribution in [0.2, 0.25) is 10.0 Å². The second-order valence-corrected chi connectivity index (χ2v) is 9.15. The van der Waals surface area contributed by atoms with E-state index in [-0.39, 0.29) is 19.8 Å². The second kappa shape index (κ2) is 8.14. The van der Waals surface area contributed by atoms with Crippen LogP contribution in [0.15, 0.2) is 70.5 Å². The smallest absolute Gasteiger partial charge is 0.191 e. The molecule has 0 aromatic heterocycles. The van der Waals surface area contributed by atoms with Crippen molar-refractivity contribution in [2.45, 2.75) is 9.79 Å². The van der Waals surface area contributed by atoms with E-state index in [0.717, 1.165) is 16.2 Å². The highest BCUT2D eigenvalue weighted by Crippen LogP contribution is 2.46. The molecule has 0 saturated heterocycles. The average Bonchev–Trinajstić information content (AvgIpc) is 2.71. The summed E-state index contributed by atoms with van der Waals surface area (Å²) in [7, 11) is 1.31. The number of benzene rings is 4. The predicted molar refractivity (Wildman–Crippen MR) is 119 cm³/mol. The molecule has 0 bridgehead atoms. The van der Waals surface area contributed by atoms with Gasteiger partial charge < -0.3 is 4.55 Å². The van der Waals surface area contributed by atoms with E-state index in [1.54, 1.807) is 12.1 Å². The average molecular weight is 465 g/mol. The van der Waals surface area contributed by atoms with Crippen LogP contribution >= 0.6 is 23.2 Å². The molecule has 4 nitrogen and oxygen atoms in total. The molecular weight excluding hydrogens is 451 g/mol. The molecule has 0 aliphatic carbocycles. The Hall–Kier alpha value is -1.80. The second-order valence-electron chi connectivity index (χ2n) is 6.22. The summed E-state index contributed by atoms with van der Waals surface area (Å²) in [6.45, 7) is 0. The lowest BCUT2D eigenvalue weighted by Gasteiger charge is -2.19. The quantitative estimate of drug-likeness (QED) is 0.364. The maximum Gasteiger partial charge on any atom is 0.191 e. The Labute approximate surface area is 182 Å². The van der Waals surface area contributed by atoms with Gasteiger partial charge in [0.2, 0.25) is 0 Å². The predicted octanol–water partition coefficient (Wildman–Crippen LogP) is 6.22. The Morgan fingerprint density at radius 2 is 1.24 bits per heavy atom. The van der Waals surface area contributed by atoms with Crippen molar-refractivity contribution in [1.29, 1.82) is 0 Å². The molecule has 0 aliphatic rings. The van der Waals surface area contributed by atoms with Gasteiger partial charge in [-0.1, -0.05) is 71.7 Å². The highest BCUT2D eigenvalue weighted by atomic mass is 35.5. The molecule has 2 atom stereocenters. The van der Waals surface area contributed by atoms with Crippen molar-refractivity contribution in [3.63, 3.8) is 0 Å². The Kier molecular flexibility index (Phi) is 5.75. The van der Waals surface area contributed by atoms with Crippen LogP contribution < -0.4 is 0 Å². The molecule has 0 spiro atoms. The van der Waals surface area contributed by atoms with Crippen LogP contribution in [-0.2, 0) is 26.3 Å². The molecule has 2 unspecified atom stereocenters. The van der Waals surface area contributed by atoms with Gasteiger partial charge in [0.25, 0.3) is 0 Å². The van der Waals surface area contributed by atoms with Gasteiger partial charge >= 0.3 is 0 Å². The zero-order valence-electron chi connectivity index (χ0n) is 15.0. The fourth-order valence-corrected chi connectivity index (χ4v) is 5.69. The summed E-state index contributed by atoms with van der Waals surface area (Å²) in [5.74, 6) is 0. The number of hydrogen-bond acceptors (Lipinski definition) is 3. The molecule has 148 valence electrons. The Bertz CT molecular complexity index is 1320. The van der Waals surface area contributed by atoms with Gasteiger partial charge in [0.1, 0.15) is 0 Å². The monoisotopic (exact) mass is 464 g/mol. The lowest BCUT2D eigenvalue weighted by atomic mass is 9.93. The molecule has 4 aromatic carbocycles. The maximum atomic E-state index is 12.8. The van der Waals surface area contributed by atoms with Crippen LogP contribution in [0.4, 0.5) is 0 Å². The maximum absolute atomic E-state index is 12.8. The van der Waals surface area contributed by atoms with Crippen molar-refractivity contribution in [2.24, 2.45) is 0 Å². The van der Waals surface area contributed by atoms with Gasteiger partial charge in [-0.2, -0.15) is 0 Å². The molecule has 1 N–H and O–H groups in total. The topological polar surface area (TPSA) is 63.6 Å². The normalized spacial score (nSPS) is 13.7. The molecule has 0 aliphatic heterocycles. The molecule has 4 aromatic rings. The van der Waals surface area contributed by atoms with E-state index in [2.05, 4.69) is 0 Å². The van der Waals surface area contributed by atoms with Crippen molar-refractivity contribution >= 4 is 66.9 Å². The van der Waals surface area contributed by atoms with Gasteiger partial charge in [0, 0.05) is 11.1 Å². The van der Waals surface area contributed by atoms with Crippen LogP contribution in [0.25, 0.3) is 32.7 Å². The molecule has 29 heavy (non-hydrogen) atoms. The lowest BCUT2D eigenvalue weighted by Crippen LogP contribution is -2.03. The fraction of sp³-hybridized carbons (Fsp3) is 0.0476. The van der Waals surface area contributed by atoms with E-state index in [1.165, 1.54) is 7.11 Å². The minimum Gasteiger partial charge on any atom is -0.302 e. The van der Waals surface area contributed by atoms with Gasteiger partial charge in [0.05, 0.1) is 26.9 Å². The molecule has 8 heteroatoms. The van der Waals surface area contributed by atoms with E-state index in [1.807, 2.05) is 48.5 Å². The van der Waals surface area contributed by atoms with E-state index < -0.39 is 22.2 Å². The first-order valence-corrected chi connectivity index (χ1v) is 11.4. The van der Waals surface area contributed by atoms with Crippen LogP contribution in [-0.4, -0.2) is 20.1 Å². The summed E-state index contributed by atoms with van der Waals surface area (Å²) in [4.78, 5) is 0.263. The third-order valence-electron chi connectivity index (χ3n) is 4.66. The van der Waals surface area contributed by atoms with E-state index >= 15 is 0 Å². The van der Waals surface area contributed by atoms with Crippen molar-refractivity contribution in [3.8, 4) is 11.1 Å². The van der Waals surface area contributed by atoms with Gasteiger partial charge in [-0.25, -0.2) is 8.42 Å². The van der Waals surface area contributed by atoms with E-state index in [0.29, 0.717) is 16.5 Å². The Morgan fingerprint density at radius 3 is 1.72 bits per heavy atom. The molecule has 0 saturated carbocycles. The number of hydrogen-bond donors (Lipinski definition) is 1. The molecule has 0 amide bonds. The van der Waals surface area contributed by atoms with Crippen molar-refractivity contribution < 1.29 is 17.2 Å². The summed E-state index contributed by atoms with van der Waals surface area (Å²) in [5.41, 5.74) is 0.873. The number of halogens is 2. The Balaban J connectivity index is 2.33. The third-order valence-corrected chi connectivity index (χ3v) is 7.31.